The monoisotopic (exact) mass is 603 g/mol. The van der Waals surface area contributed by atoms with Gasteiger partial charge in [0.2, 0.25) is 0 Å². The Labute approximate surface area is 260 Å². The number of ether oxygens (including phenoxy) is 2. The lowest BCUT2D eigenvalue weighted by Crippen LogP contribution is -2.30. The minimum atomic E-state index is -0.406. The van der Waals surface area contributed by atoms with Crippen LogP contribution in [-0.2, 0) is 9.53 Å². The molecular formula is C34H29N5O4S. The zero-order chi connectivity index (χ0) is 30.5. The molecule has 0 spiro atoms. The summed E-state index contributed by atoms with van der Waals surface area (Å²) in [7, 11) is 1.37. The first-order valence-electron chi connectivity index (χ1n) is 14.0. The van der Waals surface area contributed by atoms with Gasteiger partial charge in [-0.05, 0) is 91.1 Å². The molecule has 3 aromatic carbocycles. The van der Waals surface area contributed by atoms with Crippen molar-refractivity contribution in [1.29, 1.82) is 0 Å². The standard InChI is InChI=1S/C34H29N5O4S/c1-42-33(41)23-9-7-10-26(21-23)38-20-8-14-29(38)32-31(28-13-5-6-19-35-28)37-34(44)39(32)25-17-15-24(16-18-25)36-30(40)22-43-27-11-3-2-4-12-27/h2-21,31-32H,22H2,1H3,(H,36,40)(H,37,44)/t31-,32-/m1/s1. The van der Waals surface area contributed by atoms with Crippen LogP contribution in [0.1, 0.15) is 33.8 Å². The Hall–Kier alpha value is -5.48. The van der Waals surface area contributed by atoms with Gasteiger partial charge in [0, 0.05) is 35.1 Å². The minimum Gasteiger partial charge on any atom is -0.484 e. The van der Waals surface area contributed by atoms with Gasteiger partial charge in [-0.15, -0.1) is 0 Å². The Bertz CT molecular complexity index is 1780. The summed E-state index contributed by atoms with van der Waals surface area (Å²) in [5.74, 6) is -0.0422. The lowest BCUT2D eigenvalue weighted by Gasteiger charge is -2.29. The third-order valence-corrected chi connectivity index (χ3v) is 7.58. The first-order valence-corrected chi connectivity index (χ1v) is 14.4. The predicted octanol–water partition coefficient (Wildman–Crippen LogP) is 5.85. The first kappa shape index (κ1) is 28.6. The molecular weight excluding hydrogens is 574 g/mol. The molecule has 9 nitrogen and oxygen atoms in total. The Morgan fingerprint density at radius 2 is 1.70 bits per heavy atom. The van der Waals surface area contributed by atoms with Crippen molar-refractivity contribution in [3.05, 3.63) is 139 Å². The summed E-state index contributed by atoms with van der Waals surface area (Å²) in [6.45, 7) is -0.103. The van der Waals surface area contributed by atoms with Crippen molar-refractivity contribution in [3.63, 3.8) is 0 Å². The fraction of sp³-hybridized carbons (Fsp3) is 0.118. The lowest BCUT2D eigenvalue weighted by molar-refractivity contribution is -0.118. The summed E-state index contributed by atoms with van der Waals surface area (Å²) in [5, 5.41) is 6.89. The van der Waals surface area contributed by atoms with Crippen LogP contribution in [0, 0.1) is 0 Å². The van der Waals surface area contributed by atoms with E-state index in [4.69, 9.17) is 21.7 Å². The maximum absolute atomic E-state index is 12.5. The molecule has 1 aliphatic heterocycles. The molecule has 5 aromatic rings. The van der Waals surface area contributed by atoms with Gasteiger partial charge in [-0.3, -0.25) is 9.78 Å². The summed E-state index contributed by atoms with van der Waals surface area (Å²) < 4.78 is 12.5. The smallest absolute Gasteiger partial charge is 0.337 e. The predicted molar refractivity (Wildman–Crippen MR) is 172 cm³/mol. The maximum Gasteiger partial charge on any atom is 0.337 e. The molecule has 3 heterocycles. The van der Waals surface area contributed by atoms with E-state index >= 15 is 0 Å². The van der Waals surface area contributed by atoms with Gasteiger partial charge in [-0.1, -0.05) is 30.3 Å². The van der Waals surface area contributed by atoms with Crippen molar-refractivity contribution >= 4 is 40.6 Å². The highest BCUT2D eigenvalue weighted by Gasteiger charge is 2.42. The Balaban J connectivity index is 1.30. The van der Waals surface area contributed by atoms with E-state index in [1.165, 1.54) is 7.11 Å². The molecule has 6 rings (SSSR count). The second kappa shape index (κ2) is 12.8. The van der Waals surface area contributed by atoms with Crippen molar-refractivity contribution in [3.8, 4) is 11.4 Å². The molecule has 0 aliphatic carbocycles. The number of esters is 1. The molecule has 220 valence electrons. The van der Waals surface area contributed by atoms with E-state index in [-0.39, 0.29) is 24.6 Å². The van der Waals surface area contributed by atoms with Gasteiger partial charge in [-0.25, -0.2) is 4.79 Å². The number of aromatic nitrogens is 2. The van der Waals surface area contributed by atoms with Crippen LogP contribution in [0.15, 0.2) is 122 Å². The number of para-hydroxylation sites is 1. The fourth-order valence-electron chi connectivity index (χ4n) is 5.27. The van der Waals surface area contributed by atoms with Gasteiger partial charge in [0.1, 0.15) is 11.8 Å². The van der Waals surface area contributed by atoms with Gasteiger partial charge >= 0.3 is 5.97 Å². The highest BCUT2D eigenvalue weighted by molar-refractivity contribution is 7.80. The number of amides is 1. The number of nitrogens with one attached hydrogen (secondary N) is 2. The van der Waals surface area contributed by atoms with E-state index in [2.05, 4.69) is 20.5 Å². The largest absolute Gasteiger partial charge is 0.484 e. The molecule has 1 saturated heterocycles. The summed E-state index contributed by atoms with van der Waals surface area (Å²) in [6.07, 6.45) is 3.72. The van der Waals surface area contributed by atoms with E-state index in [1.54, 1.807) is 30.5 Å². The van der Waals surface area contributed by atoms with Crippen molar-refractivity contribution < 1.29 is 19.1 Å². The molecule has 2 N–H and O–H groups in total. The molecule has 44 heavy (non-hydrogen) atoms. The van der Waals surface area contributed by atoms with Crippen molar-refractivity contribution in [2.75, 3.05) is 23.9 Å². The molecule has 10 heteroatoms. The Morgan fingerprint density at radius 3 is 2.45 bits per heavy atom. The van der Waals surface area contributed by atoms with Crippen LogP contribution in [-0.4, -0.2) is 40.3 Å². The number of nitrogens with zero attached hydrogens (tertiary/aromatic N) is 3. The van der Waals surface area contributed by atoms with Gasteiger partial charge in [0.15, 0.2) is 11.7 Å². The zero-order valence-corrected chi connectivity index (χ0v) is 24.6. The van der Waals surface area contributed by atoms with Crippen LogP contribution in [0.5, 0.6) is 5.75 Å². The van der Waals surface area contributed by atoms with E-state index in [0.29, 0.717) is 22.1 Å². The molecule has 2 atom stereocenters. The highest BCUT2D eigenvalue weighted by atomic mass is 32.1. The van der Waals surface area contributed by atoms with Gasteiger partial charge in [-0.2, -0.15) is 0 Å². The number of anilines is 2. The number of hydrogen-bond acceptors (Lipinski definition) is 6. The number of hydrogen-bond donors (Lipinski definition) is 2. The molecule has 0 radical (unpaired) electrons. The van der Waals surface area contributed by atoms with E-state index in [9.17, 15) is 9.59 Å². The molecule has 0 bridgehead atoms. The fourth-order valence-corrected chi connectivity index (χ4v) is 5.62. The number of carbonyl (C=O) groups excluding carboxylic acids is 2. The van der Waals surface area contributed by atoms with Gasteiger partial charge in [0.05, 0.1) is 24.4 Å². The number of rotatable bonds is 9. The van der Waals surface area contributed by atoms with Gasteiger partial charge in [0.25, 0.3) is 5.91 Å². The number of carbonyl (C=O) groups is 2. The number of pyridine rings is 1. The van der Waals surface area contributed by atoms with Crippen LogP contribution in [0.4, 0.5) is 11.4 Å². The van der Waals surface area contributed by atoms with Crippen LogP contribution in [0.2, 0.25) is 0 Å². The van der Waals surface area contributed by atoms with Crippen molar-refractivity contribution in [2.45, 2.75) is 12.1 Å². The van der Waals surface area contributed by atoms with E-state index < -0.39 is 5.97 Å². The lowest BCUT2D eigenvalue weighted by atomic mass is 10.0. The molecule has 1 amide bonds. The third-order valence-electron chi connectivity index (χ3n) is 7.27. The number of benzene rings is 3. The molecule has 1 aliphatic rings. The van der Waals surface area contributed by atoms with E-state index in [1.807, 2.05) is 95.7 Å². The van der Waals surface area contributed by atoms with Crippen molar-refractivity contribution in [2.24, 2.45) is 0 Å². The second-order valence-electron chi connectivity index (χ2n) is 10.0. The van der Waals surface area contributed by atoms with Crippen LogP contribution in [0.3, 0.4) is 0 Å². The topological polar surface area (TPSA) is 97.7 Å². The molecule has 0 saturated carbocycles. The van der Waals surface area contributed by atoms with Gasteiger partial charge < -0.3 is 29.6 Å². The average Bonchev–Trinajstić information content (AvgIpc) is 3.69. The number of methoxy groups -OCH3 is 1. The summed E-state index contributed by atoms with van der Waals surface area (Å²) in [4.78, 5) is 31.5. The summed E-state index contributed by atoms with van der Waals surface area (Å²) in [6, 6.07) is 33.2. The third kappa shape index (κ3) is 6.02. The quantitative estimate of drug-likeness (QED) is 0.160. The minimum absolute atomic E-state index is 0.103. The second-order valence-corrected chi connectivity index (χ2v) is 10.4. The normalized spacial score (nSPS) is 15.8. The molecule has 2 aromatic heterocycles. The first-order chi connectivity index (χ1) is 21.5. The SMILES string of the molecule is COC(=O)c1cccc(-n2cccc2[C@@H]2[C@@H](c3ccccn3)NC(=S)N2c2ccc(NC(=O)COc3ccccc3)cc2)c1. The average molecular weight is 604 g/mol. The van der Waals surface area contributed by atoms with Crippen LogP contribution < -0.4 is 20.3 Å². The Kier molecular flexibility index (Phi) is 8.33. The number of thiocarbonyl (C=S) groups is 1. The Morgan fingerprint density at radius 1 is 0.909 bits per heavy atom. The van der Waals surface area contributed by atoms with E-state index in [0.717, 1.165) is 22.8 Å². The maximum atomic E-state index is 12.5. The molecule has 1 fully saturated rings. The summed E-state index contributed by atoms with van der Waals surface area (Å²) in [5.41, 5.74) is 4.50. The highest BCUT2D eigenvalue weighted by Crippen LogP contribution is 2.42. The summed E-state index contributed by atoms with van der Waals surface area (Å²) >= 11 is 5.90. The zero-order valence-electron chi connectivity index (χ0n) is 23.8. The molecule has 0 unspecified atom stereocenters. The van der Waals surface area contributed by atoms with Crippen LogP contribution in [0.25, 0.3) is 5.69 Å². The van der Waals surface area contributed by atoms with Crippen molar-refractivity contribution in [1.82, 2.24) is 14.9 Å². The van der Waals surface area contributed by atoms with Crippen LogP contribution >= 0.6 is 12.2 Å².